The Morgan fingerprint density at radius 2 is 2.28 bits per heavy atom. The molecule has 0 bridgehead atoms. The van der Waals surface area contributed by atoms with Gasteiger partial charge in [-0.15, -0.1) is 0 Å². The Hall–Kier alpha value is -2.63. The van der Waals surface area contributed by atoms with E-state index >= 15 is 0 Å². The molecule has 0 amide bonds. The number of aromatic carboxylic acids is 1. The monoisotopic (exact) mass is 242 g/mol. The summed E-state index contributed by atoms with van der Waals surface area (Å²) in [6.07, 6.45) is 3.46. The molecule has 0 radical (unpaired) electrons. The van der Waals surface area contributed by atoms with E-state index in [0.29, 0.717) is 16.6 Å². The number of nitrogens with zero attached hydrogens (tertiary/aromatic N) is 3. The highest BCUT2D eigenvalue weighted by Gasteiger charge is 2.16. The zero-order valence-corrected chi connectivity index (χ0v) is 9.58. The zero-order valence-electron chi connectivity index (χ0n) is 9.58. The highest BCUT2D eigenvalue weighted by molar-refractivity contribution is 6.08. The van der Waals surface area contributed by atoms with E-state index < -0.39 is 5.97 Å². The lowest BCUT2D eigenvalue weighted by Gasteiger charge is -1.98. The molecule has 0 spiro atoms. The van der Waals surface area contributed by atoms with E-state index in [-0.39, 0.29) is 5.56 Å². The molecule has 0 aliphatic heterocycles. The SMILES string of the molecule is Cn1cc(-c2n[nH]c3cccc(C(=O)O)c23)cn1. The molecule has 3 aromatic rings. The molecule has 2 aromatic heterocycles. The molecule has 1 aromatic carbocycles. The van der Waals surface area contributed by atoms with Crippen molar-refractivity contribution in [1.82, 2.24) is 20.0 Å². The Balaban J connectivity index is 2.34. The molecular formula is C12H10N4O2. The maximum Gasteiger partial charge on any atom is 0.336 e. The largest absolute Gasteiger partial charge is 0.478 e. The Morgan fingerprint density at radius 3 is 2.94 bits per heavy atom. The van der Waals surface area contributed by atoms with Crippen molar-refractivity contribution in [3.63, 3.8) is 0 Å². The average molecular weight is 242 g/mol. The van der Waals surface area contributed by atoms with Crippen molar-refractivity contribution < 1.29 is 9.90 Å². The molecule has 2 N–H and O–H groups in total. The average Bonchev–Trinajstić information content (AvgIpc) is 2.94. The third-order valence-electron chi connectivity index (χ3n) is 2.80. The lowest BCUT2D eigenvalue weighted by molar-refractivity contribution is 0.0699. The van der Waals surface area contributed by atoms with Gasteiger partial charge in [-0.3, -0.25) is 9.78 Å². The molecular weight excluding hydrogens is 232 g/mol. The van der Waals surface area contributed by atoms with Crippen LogP contribution in [0.15, 0.2) is 30.6 Å². The van der Waals surface area contributed by atoms with Gasteiger partial charge in [-0.2, -0.15) is 10.2 Å². The van der Waals surface area contributed by atoms with E-state index in [4.69, 9.17) is 0 Å². The van der Waals surface area contributed by atoms with Crippen LogP contribution in [0.3, 0.4) is 0 Å². The first-order chi connectivity index (χ1) is 8.66. The third kappa shape index (κ3) is 1.46. The van der Waals surface area contributed by atoms with E-state index in [1.54, 1.807) is 42.3 Å². The Morgan fingerprint density at radius 1 is 1.44 bits per heavy atom. The van der Waals surface area contributed by atoms with Crippen LogP contribution in [0, 0.1) is 0 Å². The summed E-state index contributed by atoms with van der Waals surface area (Å²) in [5, 5.41) is 20.9. The van der Waals surface area contributed by atoms with Gasteiger partial charge >= 0.3 is 5.97 Å². The van der Waals surface area contributed by atoms with Gasteiger partial charge in [0.2, 0.25) is 0 Å². The number of rotatable bonds is 2. The van der Waals surface area contributed by atoms with Crippen LogP contribution in [0.1, 0.15) is 10.4 Å². The second-order valence-corrected chi connectivity index (χ2v) is 4.01. The first-order valence-electron chi connectivity index (χ1n) is 5.36. The van der Waals surface area contributed by atoms with Gasteiger partial charge in [0.1, 0.15) is 5.69 Å². The number of aromatic nitrogens is 4. The fraction of sp³-hybridized carbons (Fsp3) is 0.0833. The number of hydrogen-bond donors (Lipinski definition) is 2. The van der Waals surface area contributed by atoms with Crippen LogP contribution in [0.25, 0.3) is 22.2 Å². The summed E-state index contributed by atoms with van der Waals surface area (Å²) in [5.74, 6) is -0.966. The second kappa shape index (κ2) is 3.69. The molecule has 0 fully saturated rings. The fourth-order valence-electron chi connectivity index (χ4n) is 2.00. The van der Waals surface area contributed by atoms with Crippen molar-refractivity contribution in [2.45, 2.75) is 0 Å². The Labute approximate surface area is 102 Å². The summed E-state index contributed by atoms with van der Waals surface area (Å²) >= 11 is 0. The predicted octanol–water partition coefficient (Wildman–Crippen LogP) is 1.66. The lowest BCUT2D eigenvalue weighted by atomic mass is 10.1. The molecule has 0 atom stereocenters. The van der Waals surface area contributed by atoms with Gasteiger partial charge in [0.15, 0.2) is 0 Å². The van der Waals surface area contributed by atoms with E-state index in [0.717, 1.165) is 5.56 Å². The van der Waals surface area contributed by atoms with Crippen molar-refractivity contribution in [3.05, 3.63) is 36.2 Å². The number of aryl methyl sites for hydroxylation is 1. The topological polar surface area (TPSA) is 83.8 Å². The van der Waals surface area contributed by atoms with Crippen LogP contribution in [-0.2, 0) is 7.05 Å². The number of aromatic amines is 1. The quantitative estimate of drug-likeness (QED) is 0.715. The van der Waals surface area contributed by atoms with E-state index in [1.165, 1.54) is 0 Å². The number of nitrogens with one attached hydrogen (secondary N) is 1. The summed E-state index contributed by atoms with van der Waals surface area (Å²) in [5.41, 5.74) is 2.34. The van der Waals surface area contributed by atoms with Crippen molar-refractivity contribution in [1.29, 1.82) is 0 Å². The van der Waals surface area contributed by atoms with Crippen LogP contribution in [0.2, 0.25) is 0 Å². The van der Waals surface area contributed by atoms with Gasteiger partial charge in [-0.25, -0.2) is 4.79 Å². The van der Waals surface area contributed by atoms with Gasteiger partial charge in [-0.1, -0.05) is 6.07 Å². The van der Waals surface area contributed by atoms with Gasteiger partial charge in [0.25, 0.3) is 0 Å². The predicted molar refractivity (Wildman–Crippen MR) is 65.3 cm³/mol. The highest BCUT2D eigenvalue weighted by Crippen LogP contribution is 2.28. The van der Waals surface area contributed by atoms with Crippen molar-refractivity contribution in [2.24, 2.45) is 7.05 Å². The fourth-order valence-corrected chi connectivity index (χ4v) is 2.00. The van der Waals surface area contributed by atoms with E-state index in [2.05, 4.69) is 15.3 Å². The number of benzene rings is 1. The molecule has 2 heterocycles. The summed E-state index contributed by atoms with van der Waals surface area (Å²) in [7, 11) is 1.80. The molecule has 0 unspecified atom stereocenters. The Bertz CT molecular complexity index is 741. The van der Waals surface area contributed by atoms with Crippen LogP contribution >= 0.6 is 0 Å². The summed E-state index contributed by atoms with van der Waals surface area (Å²) in [6, 6.07) is 5.06. The van der Waals surface area contributed by atoms with Crippen LogP contribution in [0.4, 0.5) is 0 Å². The molecule has 3 rings (SSSR count). The third-order valence-corrected chi connectivity index (χ3v) is 2.80. The molecule has 0 saturated heterocycles. The van der Waals surface area contributed by atoms with Crippen LogP contribution in [-0.4, -0.2) is 31.1 Å². The lowest BCUT2D eigenvalue weighted by Crippen LogP contribution is -1.96. The van der Waals surface area contributed by atoms with E-state index in [9.17, 15) is 9.90 Å². The van der Waals surface area contributed by atoms with Gasteiger partial charge in [0.05, 0.1) is 17.3 Å². The zero-order chi connectivity index (χ0) is 12.7. The van der Waals surface area contributed by atoms with Crippen molar-refractivity contribution in [3.8, 4) is 11.3 Å². The smallest absolute Gasteiger partial charge is 0.336 e. The van der Waals surface area contributed by atoms with Gasteiger partial charge in [-0.05, 0) is 12.1 Å². The molecule has 0 aliphatic carbocycles. The van der Waals surface area contributed by atoms with Crippen LogP contribution < -0.4 is 0 Å². The molecule has 18 heavy (non-hydrogen) atoms. The minimum Gasteiger partial charge on any atom is -0.478 e. The first kappa shape index (κ1) is 10.5. The summed E-state index contributed by atoms with van der Waals surface area (Å²) in [6.45, 7) is 0. The normalized spacial score (nSPS) is 10.9. The van der Waals surface area contributed by atoms with Crippen molar-refractivity contribution >= 4 is 16.9 Å². The number of hydrogen-bond acceptors (Lipinski definition) is 3. The van der Waals surface area contributed by atoms with Gasteiger partial charge in [0, 0.05) is 24.2 Å². The second-order valence-electron chi connectivity index (χ2n) is 4.01. The molecule has 6 heteroatoms. The summed E-state index contributed by atoms with van der Waals surface area (Å²) < 4.78 is 1.65. The molecule has 90 valence electrons. The van der Waals surface area contributed by atoms with Crippen molar-refractivity contribution in [2.75, 3.05) is 0 Å². The number of fused-ring (bicyclic) bond motifs is 1. The molecule has 6 nitrogen and oxygen atoms in total. The first-order valence-corrected chi connectivity index (χ1v) is 5.36. The highest BCUT2D eigenvalue weighted by atomic mass is 16.4. The number of H-pyrrole nitrogens is 1. The maximum atomic E-state index is 11.2. The van der Waals surface area contributed by atoms with Crippen LogP contribution in [0.5, 0.6) is 0 Å². The van der Waals surface area contributed by atoms with Gasteiger partial charge < -0.3 is 5.11 Å². The number of carbonyl (C=O) groups is 1. The minimum absolute atomic E-state index is 0.236. The minimum atomic E-state index is -0.966. The standard InChI is InChI=1S/C12H10N4O2/c1-16-6-7(5-13-16)11-10-8(12(17)18)3-2-4-9(10)14-15-11/h2-6H,1H3,(H,14,15)(H,17,18). The number of carboxylic acids is 1. The number of carboxylic acid groups (broad SMARTS) is 1. The summed E-state index contributed by atoms with van der Waals surface area (Å²) in [4.78, 5) is 11.2. The molecule has 0 aliphatic rings. The van der Waals surface area contributed by atoms with E-state index in [1.807, 2.05) is 0 Å². The maximum absolute atomic E-state index is 11.2. The molecule has 0 saturated carbocycles. The Kier molecular flexibility index (Phi) is 2.16.